The minimum absolute atomic E-state index is 0.447. The molecule has 1 aliphatic heterocycles. The highest BCUT2D eigenvalue weighted by molar-refractivity contribution is 4.69. The molecule has 0 aromatic rings. The molecule has 0 bridgehead atoms. The van der Waals surface area contributed by atoms with E-state index in [-0.39, 0.29) is 0 Å². The Kier molecular flexibility index (Phi) is 21.3. The highest BCUT2D eigenvalue weighted by Gasteiger charge is 2.18. The zero-order chi connectivity index (χ0) is 28.2. The molecule has 0 aromatic carbocycles. The van der Waals surface area contributed by atoms with Crippen LogP contribution in [0.5, 0.6) is 0 Å². The Morgan fingerprint density at radius 2 is 0.684 bits per heavy atom. The highest BCUT2D eigenvalue weighted by atomic mass is 16.7. The van der Waals surface area contributed by atoms with Gasteiger partial charge >= 0.3 is 0 Å². The first-order chi connectivity index (χ1) is 18.2. The van der Waals surface area contributed by atoms with E-state index in [1.807, 2.05) is 0 Å². The van der Waals surface area contributed by atoms with E-state index in [9.17, 15) is 0 Å². The van der Waals surface area contributed by atoms with E-state index in [4.69, 9.17) is 18.9 Å². The standard InChI is InChI=1S/C34H68O4/c1-9-33-13-17-37-26-38-18-14-34(10-2)24-32(8)22-30(6)20-28(4)12-16-36-25-35-15-11-27(3)19-29(5)21-31(7)23-33/h27-34H,9-26H2,1-8H3. The zero-order valence-corrected chi connectivity index (χ0v) is 27.0. The summed E-state index contributed by atoms with van der Waals surface area (Å²) >= 11 is 0. The van der Waals surface area contributed by atoms with Crippen molar-refractivity contribution < 1.29 is 18.9 Å². The minimum Gasteiger partial charge on any atom is -0.355 e. The molecule has 4 nitrogen and oxygen atoms in total. The Labute approximate surface area is 238 Å². The predicted octanol–water partition coefficient (Wildman–Crippen LogP) is 9.75. The molecular formula is C34H68O4. The van der Waals surface area contributed by atoms with Gasteiger partial charge in [-0.3, -0.25) is 0 Å². The van der Waals surface area contributed by atoms with Gasteiger partial charge in [0.05, 0.1) is 0 Å². The maximum Gasteiger partial charge on any atom is 0.146 e. The molecule has 4 heteroatoms. The Morgan fingerprint density at radius 3 is 1.03 bits per heavy atom. The Bertz CT molecular complexity index is 483. The summed E-state index contributed by atoms with van der Waals surface area (Å²) in [6.07, 6.45) is 14.9. The maximum atomic E-state index is 5.89. The van der Waals surface area contributed by atoms with Gasteiger partial charge in [0.25, 0.3) is 0 Å². The second-order valence-corrected chi connectivity index (χ2v) is 13.6. The van der Waals surface area contributed by atoms with Gasteiger partial charge in [0, 0.05) is 26.4 Å². The third-order valence-electron chi connectivity index (χ3n) is 9.03. The van der Waals surface area contributed by atoms with Gasteiger partial charge in [0.15, 0.2) is 0 Å². The summed E-state index contributed by atoms with van der Waals surface area (Å²) in [4.78, 5) is 0. The molecule has 0 saturated carbocycles. The number of ether oxygens (including phenoxy) is 4. The second kappa shape index (κ2) is 22.5. The van der Waals surface area contributed by atoms with Gasteiger partial charge in [0.1, 0.15) is 13.6 Å². The van der Waals surface area contributed by atoms with E-state index < -0.39 is 0 Å². The number of hydrogen-bond acceptors (Lipinski definition) is 4. The monoisotopic (exact) mass is 541 g/mol. The van der Waals surface area contributed by atoms with E-state index in [1.165, 1.54) is 51.4 Å². The minimum atomic E-state index is 0.447. The van der Waals surface area contributed by atoms with Crippen LogP contribution in [0, 0.1) is 47.3 Å². The Hall–Kier alpha value is -0.160. The molecule has 1 heterocycles. The van der Waals surface area contributed by atoms with Crippen LogP contribution in [0.2, 0.25) is 0 Å². The van der Waals surface area contributed by atoms with Crippen molar-refractivity contribution in [2.75, 3.05) is 40.0 Å². The summed E-state index contributed by atoms with van der Waals surface area (Å²) < 4.78 is 23.4. The molecular weight excluding hydrogens is 472 g/mol. The molecule has 0 aliphatic carbocycles. The second-order valence-electron chi connectivity index (χ2n) is 13.6. The van der Waals surface area contributed by atoms with Crippen LogP contribution in [-0.2, 0) is 18.9 Å². The molecule has 8 atom stereocenters. The van der Waals surface area contributed by atoms with Crippen LogP contribution in [0.1, 0.15) is 132 Å². The van der Waals surface area contributed by atoms with Crippen molar-refractivity contribution in [2.45, 2.75) is 132 Å². The maximum absolute atomic E-state index is 5.89. The smallest absolute Gasteiger partial charge is 0.146 e. The van der Waals surface area contributed by atoms with E-state index >= 15 is 0 Å². The van der Waals surface area contributed by atoms with Crippen LogP contribution in [0.3, 0.4) is 0 Å². The highest BCUT2D eigenvalue weighted by Crippen LogP contribution is 2.29. The average Bonchev–Trinajstić information content (AvgIpc) is 2.84. The summed E-state index contributed by atoms with van der Waals surface area (Å²) in [5.41, 5.74) is 0. The Morgan fingerprint density at radius 1 is 0.395 bits per heavy atom. The topological polar surface area (TPSA) is 36.9 Å². The summed E-state index contributed by atoms with van der Waals surface area (Å²) in [7, 11) is 0. The third-order valence-corrected chi connectivity index (χ3v) is 9.03. The SMILES string of the molecule is CCC1CCOCOCCC(CC)CC(C)CC(C)CC(C)CCOCOCCC(C)CC(C)CC(C)C1. The normalized spacial score (nSPS) is 36.6. The van der Waals surface area contributed by atoms with Crippen LogP contribution in [-0.4, -0.2) is 40.0 Å². The lowest BCUT2D eigenvalue weighted by Gasteiger charge is -2.24. The van der Waals surface area contributed by atoms with Crippen LogP contribution >= 0.6 is 0 Å². The first-order valence-corrected chi connectivity index (χ1v) is 16.5. The van der Waals surface area contributed by atoms with Crippen molar-refractivity contribution in [3.63, 3.8) is 0 Å². The first kappa shape index (κ1) is 35.9. The quantitative estimate of drug-likeness (QED) is 0.349. The van der Waals surface area contributed by atoms with Gasteiger partial charge in [-0.25, -0.2) is 0 Å². The van der Waals surface area contributed by atoms with Gasteiger partial charge < -0.3 is 18.9 Å². The van der Waals surface area contributed by atoms with Gasteiger partial charge in [-0.2, -0.15) is 0 Å². The van der Waals surface area contributed by atoms with Crippen molar-refractivity contribution in [3.05, 3.63) is 0 Å². The van der Waals surface area contributed by atoms with Crippen molar-refractivity contribution in [2.24, 2.45) is 47.3 Å². The summed E-state index contributed by atoms with van der Waals surface area (Å²) in [6.45, 7) is 23.4. The third kappa shape index (κ3) is 19.0. The van der Waals surface area contributed by atoms with E-state index in [0.717, 1.165) is 87.6 Å². The lowest BCUT2D eigenvalue weighted by atomic mass is 9.83. The summed E-state index contributed by atoms with van der Waals surface area (Å²) in [6, 6.07) is 0. The fourth-order valence-electron chi connectivity index (χ4n) is 6.91. The molecule has 1 saturated heterocycles. The van der Waals surface area contributed by atoms with Gasteiger partial charge in [-0.05, 0) is 112 Å². The van der Waals surface area contributed by atoms with Crippen LogP contribution in [0.25, 0.3) is 0 Å². The van der Waals surface area contributed by atoms with Crippen LogP contribution in [0.4, 0.5) is 0 Å². The zero-order valence-electron chi connectivity index (χ0n) is 27.0. The lowest BCUT2D eigenvalue weighted by Crippen LogP contribution is -2.15. The molecule has 1 rings (SSSR count). The van der Waals surface area contributed by atoms with E-state index in [2.05, 4.69) is 55.4 Å². The Balaban J connectivity index is 2.55. The van der Waals surface area contributed by atoms with Crippen molar-refractivity contribution in [1.82, 2.24) is 0 Å². The molecule has 0 aromatic heterocycles. The molecule has 0 radical (unpaired) electrons. The fraction of sp³-hybridized carbons (Fsp3) is 1.00. The van der Waals surface area contributed by atoms with Crippen LogP contribution in [0.15, 0.2) is 0 Å². The van der Waals surface area contributed by atoms with Crippen molar-refractivity contribution in [1.29, 1.82) is 0 Å². The van der Waals surface area contributed by atoms with Gasteiger partial charge in [-0.1, -0.05) is 68.2 Å². The molecule has 1 aliphatic rings. The largest absolute Gasteiger partial charge is 0.355 e. The molecule has 38 heavy (non-hydrogen) atoms. The first-order valence-electron chi connectivity index (χ1n) is 16.5. The van der Waals surface area contributed by atoms with E-state index in [0.29, 0.717) is 25.4 Å². The number of rotatable bonds is 2. The molecule has 8 unspecified atom stereocenters. The summed E-state index contributed by atoms with van der Waals surface area (Å²) in [5.74, 6) is 6.00. The predicted molar refractivity (Wildman–Crippen MR) is 162 cm³/mol. The molecule has 1 fully saturated rings. The van der Waals surface area contributed by atoms with Crippen molar-refractivity contribution >= 4 is 0 Å². The summed E-state index contributed by atoms with van der Waals surface area (Å²) in [5, 5.41) is 0. The molecule has 0 N–H and O–H groups in total. The molecule has 0 spiro atoms. The fourth-order valence-corrected chi connectivity index (χ4v) is 6.91. The molecule has 0 amide bonds. The van der Waals surface area contributed by atoms with E-state index in [1.54, 1.807) is 0 Å². The van der Waals surface area contributed by atoms with Gasteiger partial charge in [0.2, 0.25) is 0 Å². The van der Waals surface area contributed by atoms with Crippen molar-refractivity contribution in [3.8, 4) is 0 Å². The average molecular weight is 541 g/mol. The van der Waals surface area contributed by atoms with Gasteiger partial charge in [-0.15, -0.1) is 0 Å². The van der Waals surface area contributed by atoms with Crippen LogP contribution < -0.4 is 0 Å². The molecule has 228 valence electrons. The number of hydrogen-bond donors (Lipinski definition) is 0. The lowest BCUT2D eigenvalue weighted by molar-refractivity contribution is -0.0612.